The van der Waals surface area contributed by atoms with E-state index in [9.17, 15) is 9.18 Å². The van der Waals surface area contributed by atoms with Crippen LogP contribution in [0.15, 0.2) is 41.3 Å². The van der Waals surface area contributed by atoms with Crippen molar-refractivity contribution in [2.75, 3.05) is 0 Å². The molecular formula is C11H9FN2O2. The second-order valence-electron chi connectivity index (χ2n) is 3.18. The summed E-state index contributed by atoms with van der Waals surface area (Å²) in [7, 11) is 0. The van der Waals surface area contributed by atoms with Crippen LogP contribution >= 0.6 is 0 Å². The first-order valence-electron chi connectivity index (χ1n) is 4.66. The Bertz CT molecular complexity index is 482. The number of rotatable bonds is 3. The molecule has 82 valence electrons. The third-order valence-corrected chi connectivity index (χ3v) is 2.02. The Balaban J connectivity index is 1.98. The first-order valence-corrected chi connectivity index (χ1v) is 4.66. The minimum absolute atomic E-state index is 0.246. The molecule has 0 unspecified atom stereocenters. The highest BCUT2D eigenvalue weighted by Gasteiger charge is 2.06. The fourth-order valence-electron chi connectivity index (χ4n) is 1.22. The summed E-state index contributed by atoms with van der Waals surface area (Å²) in [6.45, 7) is 0.347. The first kappa shape index (κ1) is 10.4. The lowest BCUT2D eigenvalue weighted by Gasteiger charge is -2.02. The maximum absolute atomic E-state index is 12.7. The van der Waals surface area contributed by atoms with E-state index in [0.717, 1.165) is 11.6 Å². The maximum atomic E-state index is 12.7. The van der Waals surface area contributed by atoms with E-state index in [2.05, 4.69) is 10.3 Å². The fraction of sp³-hybridized carbons (Fsp3) is 0.0909. The van der Waals surface area contributed by atoms with Crippen LogP contribution in [0.1, 0.15) is 15.9 Å². The third-order valence-electron chi connectivity index (χ3n) is 2.02. The van der Waals surface area contributed by atoms with Gasteiger partial charge in [0.15, 0.2) is 0 Å². The van der Waals surface area contributed by atoms with Gasteiger partial charge in [-0.3, -0.25) is 4.79 Å². The van der Waals surface area contributed by atoms with Crippen molar-refractivity contribution in [3.8, 4) is 0 Å². The van der Waals surface area contributed by atoms with Gasteiger partial charge in [-0.05, 0) is 12.1 Å². The van der Waals surface area contributed by atoms with Crippen molar-refractivity contribution in [2.45, 2.75) is 6.54 Å². The Morgan fingerprint density at radius 3 is 3.06 bits per heavy atom. The molecule has 0 aromatic carbocycles. The zero-order chi connectivity index (χ0) is 11.4. The van der Waals surface area contributed by atoms with E-state index < -0.39 is 5.95 Å². The summed E-state index contributed by atoms with van der Waals surface area (Å²) < 4.78 is 17.6. The zero-order valence-electron chi connectivity index (χ0n) is 8.31. The fourth-order valence-corrected chi connectivity index (χ4v) is 1.22. The van der Waals surface area contributed by atoms with E-state index in [0.29, 0.717) is 6.54 Å². The van der Waals surface area contributed by atoms with Gasteiger partial charge in [0, 0.05) is 29.9 Å². The standard InChI is InChI=1S/C11H9FN2O2/c12-10-5-9(1-3-13-10)11(15)14-6-8-2-4-16-7-8/h1-5,7H,6H2,(H,14,15). The van der Waals surface area contributed by atoms with Crippen LogP contribution in [0.2, 0.25) is 0 Å². The Kier molecular flexibility index (Phi) is 2.95. The number of hydrogen-bond acceptors (Lipinski definition) is 3. The molecule has 0 saturated carbocycles. The van der Waals surface area contributed by atoms with Gasteiger partial charge in [0.1, 0.15) is 0 Å². The number of nitrogens with one attached hydrogen (secondary N) is 1. The minimum atomic E-state index is -0.670. The lowest BCUT2D eigenvalue weighted by atomic mass is 10.2. The van der Waals surface area contributed by atoms with Gasteiger partial charge in [-0.2, -0.15) is 4.39 Å². The molecule has 1 amide bonds. The quantitative estimate of drug-likeness (QED) is 0.801. The summed E-state index contributed by atoms with van der Waals surface area (Å²) in [5.41, 5.74) is 1.10. The van der Waals surface area contributed by atoms with E-state index in [4.69, 9.17) is 4.42 Å². The van der Waals surface area contributed by atoms with E-state index in [1.165, 1.54) is 24.8 Å². The topological polar surface area (TPSA) is 55.1 Å². The SMILES string of the molecule is O=C(NCc1ccoc1)c1ccnc(F)c1. The molecule has 2 rings (SSSR count). The molecule has 4 nitrogen and oxygen atoms in total. The Morgan fingerprint density at radius 1 is 1.50 bits per heavy atom. The van der Waals surface area contributed by atoms with Crippen molar-refractivity contribution < 1.29 is 13.6 Å². The van der Waals surface area contributed by atoms with E-state index >= 15 is 0 Å². The van der Waals surface area contributed by atoms with Crippen molar-refractivity contribution in [1.82, 2.24) is 10.3 Å². The molecule has 0 saturated heterocycles. The number of pyridine rings is 1. The highest BCUT2D eigenvalue weighted by atomic mass is 19.1. The number of carbonyl (C=O) groups excluding carboxylic acids is 1. The Morgan fingerprint density at radius 2 is 2.38 bits per heavy atom. The molecule has 2 heterocycles. The number of carbonyl (C=O) groups is 1. The smallest absolute Gasteiger partial charge is 0.251 e. The molecule has 0 fully saturated rings. The second kappa shape index (κ2) is 4.57. The summed E-state index contributed by atoms with van der Waals surface area (Å²) in [5.74, 6) is -1.02. The first-order chi connectivity index (χ1) is 7.75. The second-order valence-corrected chi connectivity index (χ2v) is 3.18. The number of hydrogen-bond donors (Lipinski definition) is 1. The van der Waals surface area contributed by atoms with Crippen LogP contribution < -0.4 is 5.32 Å². The largest absolute Gasteiger partial charge is 0.472 e. The van der Waals surface area contributed by atoms with E-state index in [1.54, 1.807) is 6.07 Å². The molecule has 0 atom stereocenters. The number of nitrogens with zero attached hydrogens (tertiary/aromatic N) is 1. The predicted octanol–water partition coefficient (Wildman–Crippen LogP) is 1.74. The van der Waals surface area contributed by atoms with Crippen LogP contribution in [0, 0.1) is 5.95 Å². The average molecular weight is 220 g/mol. The van der Waals surface area contributed by atoms with Crippen LogP contribution in [0.3, 0.4) is 0 Å². The highest BCUT2D eigenvalue weighted by Crippen LogP contribution is 2.02. The number of aromatic nitrogens is 1. The molecule has 2 aromatic rings. The molecule has 0 spiro atoms. The highest BCUT2D eigenvalue weighted by molar-refractivity contribution is 5.93. The summed E-state index contributed by atoms with van der Waals surface area (Å²) in [5, 5.41) is 2.64. The molecule has 1 N–H and O–H groups in total. The maximum Gasteiger partial charge on any atom is 0.251 e. The van der Waals surface area contributed by atoms with Gasteiger partial charge < -0.3 is 9.73 Å². The van der Waals surface area contributed by atoms with Crippen LogP contribution in [0.25, 0.3) is 0 Å². The molecule has 0 aliphatic heterocycles. The molecule has 5 heteroatoms. The van der Waals surface area contributed by atoms with Gasteiger partial charge in [0.05, 0.1) is 12.5 Å². The number of amides is 1. The molecular weight excluding hydrogens is 211 g/mol. The summed E-state index contributed by atoms with van der Waals surface area (Å²) in [6, 6.07) is 4.28. The summed E-state index contributed by atoms with van der Waals surface area (Å²) in [4.78, 5) is 14.9. The lowest BCUT2D eigenvalue weighted by Crippen LogP contribution is -2.22. The predicted molar refractivity (Wildman–Crippen MR) is 54.1 cm³/mol. The zero-order valence-corrected chi connectivity index (χ0v) is 8.31. The van der Waals surface area contributed by atoms with Crippen LogP contribution in [0.5, 0.6) is 0 Å². The van der Waals surface area contributed by atoms with Gasteiger partial charge in [-0.25, -0.2) is 4.98 Å². The molecule has 16 heavy (non-hydrogen) atoms. The number of halogens is 1. The van der Waals surface area contributed by atoms with Crippen molar-refractivity contribution in [2.24, 2.45) is 0 Å². The third kappa shape index (κ3) is 2.44. The average Bonchev–Trinajstić information content (AvgIpc) is 2.78. The van der Waals surface area contributed by atoms with Crippen LogP contribution in [-0.4, -0.2) is 10.9 Å². The van der Waals surface area contributed by atoms with Crippen molar-refractivity contribution >= 4 is 5.91 Å². The monoisotopic (exact) mass is 220 g/mol. The Hall–Kier alpha value is -2.17. The van der Waals surface area contributed by atoms with Crippen molar-refractivity contribution in [1.29, 1.82) is 0 Å². The molecule has 0 bridgehead atoms. The number of furan rings is 1. The van der Waals surface area contributed by atoms with E-state index in [1.807, 2.05) is 0 Å². The van der Waals surface area contributed by atoms with E-state index in [-0.39, 0.29) is 11.5 Å². The lowest BCUT2D eigenvalue weighted by molar-refractivity contribution is 0.0950. The van der Waals surface area contributed by atoms with Crippen LogP contribution in [-0.2, 0) is 6.54 Å². The Labute approximate surface area is 91.1 Å². The van der Waals surface area contributed by atoms with Gasteiger partial charge in [0.2, 0.25) is 5.95 Å². The summed E-state index contributed by atoms with van der Waals surface area (Å²) >= 11 is 0. The van der Waals surface area contributed by atoms with Gasteiger partial charge >= 0.3 is 0 Å². The molecule has 0 aliphatic rings. The minimum Gasteiger partial charge on any atom is -0.472 e. The van der Waals surface area contributed by atoms with Gasteiger partial charge in [-0.15, -0.1) is 0 Å². The van der Waals surface area contributed by atoms with Gasteiger partial charge in [0.25, 0.3) is 5.91 Å². The normalized spacial score (nSPS) is 10.1. The van der Waals surface area contributed by atoms with Crippen molar-refractivity contribution in [3.63, 3.8) is 0 Å². The summed E-state index contributed by atoms with van der Waals surface area (Å²) in [6.07, 6.45) is 4.31. The van der Waals surface area contributed by atoms with Crippen molar-refractivity contribution in [3.05, 3.63) is 54.0 Å². The molecule has 2 aromatic heterocycles. The molecule has 0 radical (unpaired) electrons. The molecule has 0 aliphatic carbocycles. The van der Waals surface area contributed by atoms with Gasteiger partial charge in [-0.1, -0.05) is 0 Å². The van der Waals surface area contributed by atoms with Crippen LogP contribution in [0.4, 0.5) is 4.39 Å².